The molecule has 0 spiro atoms. The summed E-state index contributed by atoms with van der Waals surface area (Å²) in [5.74, 6) is 4.81. The predicted molar refractivity (Wildman–Crippen MR) is 83.7 cm³/mol. The zero-order chi connectivity index (χ0) is 15.0. The molecular weight excluding hydrogens is 308 g/mol. The lowest BCUT2D eigenvalue weighted by atomic mass is 10.2. The Balaban J connectivity index is 2.03. The number of aromatic nitrogens is 2. The van der Waals surface area contributed by atoms with E-state index in [1.807, 2.05) is 18.4 Å². The van der Waals surface area contributed by atoms with Crippen molar-refractivity contribution >= 4 is 38.8 Å². The fraction of sp³-hybridized carbons (Fsp3) is 0.154. The summed E-state index contributed by atoms with van der Waals surface area (Å²) in [5.41, 5.74) is 4.51. The van der Waals surface area contributed by atoms with Crippen molar-refractivity contribution in [2.75, 3.05) is 0 Å². The van der Waals surface area contributed by atoms with Gasteiger partial charge >= 0.3 is 0 Å². The van der Waals surface area contributed by atoms with Crippen LogP contribution in [0, 0.1) is 6.92 Å². The SMILES string of the molecule is Cc1csc2c(=O)n(Cc3ccsc3C(=O)NN)cnc12. The van der Waals surface area contributed by atoms with E-state index >= 15 is 0 Å². The van der Waals surface area contributed by atoms with Gasteiger partial charge < -0.3 is 0 Å². The first-order chi connectivity index (χ1) is 10.1. The molecule has 0 bridgehead atoms. The first-order valence-electron chi connectivity index (χ1n) is 6.12. The second kappa shape index (κ2) is 5.40. The summed E-state index contributed by atoms with van der Waals surface area (Å²) in [6.07, 6.45) is 1.52. The van der Waals surface area contributed by atoms with E-state index in [0.29, 0.717) is 16.1 Å². The first-order valence-corrected chi connectivity index (χ1v) is 7.88. The minimum absolute atomic E-state index is 0.0941. The van der Waals surface area contributed by atoms with Crippen molar-refractivity contribution in [3.8, 4) is 0 Å². The summed E-state index contributed by atoms with van der Waals surface area (Å²) in [7, 11) is 0. The zero-order valence-electron chi connectivity index (χ0n) is 11.1. The van der Waals surface area contributed by atoms with Crippen molar-refractivity contribution in [3.05, 3.63) is 49.5 Å². The van der Waals surface area contributed by atoms with Gasteiger partial charge in [0.25, 0.3) is 11.5 Å². The summed E-state index contributed by atoms with van der Waals surface area (Å²) >= 11 is 2.68. The van der Waals surface area contributed by atoms with E-state index in [2.05, 4.69) is 10.4 Å². The Kier molecular flexibility index (Phi) is 3.58. The van der Waals surface area contributed by atoms with Crippen molar-refractivity contribution in [1.29, 1.82) is 0 Å². The molecule has 0 atom stereocenters. The van der Waals surface area contributed by atoms with Gasteiger partial charge in [-0.05, 0) is 34.9 Å². The van der Waals surface area contributed by atoms with Gasteiger partial charge in [0.15, 0.2) is 0 Å². The molecule has 3 N–H and O–H groups in total. The Morgan fingerprint density at radius 1 is 1.48 bits per heavy atom. The molecule has 0 aliphatic heterocycles. The van der Waals surface area contributed by atoms with E-state index in [4.69, 9.17) is 5.84 Å². The summed E-state index contributed by atoms with van der Waals surface area (Å²) in [6, 6.07) is 1.81. The molecular formula is C13H12N4O2S2. The van der Waals surface area contributed by atoms with Crippen LogP contribution in [0.1, 0.15) is 20.8 Å². The van der Waals surface area contributed by atoms with E-state index in [9.17, 15) is 9.59 Å². The molecule has 3 heterocycles. The molecule has 1 amide bonds. The number of thiophene rings is 2. The number of nitrogen functional groups attached to an aromatic ring is 1. The smallest absolute Gasteiger partial charge is 0.275 e. The number of hydrazine groups is 1. The Bertz CT molecular complexity index is 878. The van der Waals surface area contributed by atoms with E-state index in [1.165, 1.54) is 33.6 Å². The first kappa shape index (κ1) is 13.9. The van der Waals surface area contributed by atoms with Crippen LogP contribution in [0.5, 0.6) is 0 Å². The lowest BCUT2D eigenvalue weighted by Gasteiger charge is -2.06. The highest BCUT2D eigenvalue weighted by Crippen LogP contribution is 2.21. The van der Waals surface area contributed by atoms with E-state index in [1.54, 1.807) is 5.38 Å². The molecule has 8 heteroatoms. The number of fused-ring (bicyclic) bond motifs is 1. The van der Waals surface area contributed by atoms with E-state index in [0.717, 1.165) is 16.6 Å². The molecule has 0 radical (unpaired) electrons. The number of carbonyl (C=O) groups is 1. The highest BCUT2D eigenvalue weighted by molar-refractivity contribution is 7.17. The van der Waals surface area contributed by atoms with Crippen LogP contribution in [0.15, 0.2) is 27.9 Å². The van der Waals surface area contributed by atoms with Gasteiger partial charge in [-0.2, -0.15) is 0 Å². The Morgan fingerprint density at radius 3 is 3.05 bits per heavy atom. The fourth-order valence-electron chi connectivity index (χ4n) is 2.08. The molecule has 6 nitrogen and oxygen atoms in total. The van der Waals surface area contributed by atoms with Gasteiger partial charge in [-0.3, -0.25) is 19.6 Å². The summed E-state index contributed by atoms with van der Waals surface area (Å²) in [4.78, 5) is 28.9. The molecule has 0 unspecified atom stereocenters. The monoisotopic (exact) mass is 320 g/mol. The minimum Gasteiger partial charge on any atom is -0.293 e. The van der Waals surface area contributed by atoms with E-state index < -0.39 is 0 Å². The van der Waals surface area contributed by atoms with Crippen LogP contribution in [-0.4, -0.2) is 15.5 Å². The van der Waals surface area contributed by atoms with E-state index in [-0.39, 0.29) is 11.5 Å². The number of carbonyl (C=O) groups excluding carboxylic acids is 1. The van der Waals surface area contributed by atoms with Gasteiger partial charge in [-0.25, -0.2) is 10.8 Å². The average Bonchev–Trinajstić information content (AvgIpc) is 3.09. The highest BCUT2D eigenvalue weighted by atomic mass is 32.1. The number of hydrogen-bond donors (Lipinski definition) is 2. The third-order valence-corrected chi connectivity index (χ3v) is 5.18. The second-order valence-electron chi connectivity index (χ2n) is 4.52. The van der Waals surface area contributed by atoms with Crippen LogP contribution in [0.25, 0.3) is 10.2 Å². The van der Waals surface area contributed by atoms with Gasteiger partial charge in [-0.1, -0.05) is 0 Å². The molecule has 0 saturated heterocycles. The molecule has 3 aromatic rings. The minimum atomic E-state index is -0.353. The van der Waals surface area contributed by atoms with Crippen molar-refractivity contribution in [3.63, 3.8) is 0 Å². The summed E-state index contributed by atoms with van der Waals surface area (Å²) in [5, 5.41) is 3.72. The molecule has 0 saturated carbocycles. The molecule has 108 valence electrons. The highest BCUT2D eigenvalue weighted by Gasteiger charge is 2.14. The molecule has 0 aliphatic rings. The van der Waals surface area contributed by atoms with Crippen LogP contribution < -0.4 is 16.8 Å². The number of nitrogens with one attached hydrogen (secondary N) is 1. The average molecular weight is 320 g/mol. The number of hydrogen-bond acceptors (Lipinski definition) is 6. The van der Waals surface area contributed by atoms with Crippen LogP contribution in [0.3, 0.4) is 0 Å². The Hall–Kier alpha value is -2.03. The van der Waals surface area contributed by atoms with Crippen molar-refractivity contribution in [1.82, 2.24) is 15.0 Å². The molecule has 21 heavy (non-hydrogen) atoms. The summed E-state index contributed by atoms with van der Waals surface area (Å²) in [6.45, 7) is 2.23. The topological polar surface area (TPSA) is 90.0 Å². The van der Waals surface area contributed by atoms with Gasteiger partial charge in [0.2, 0.25) is 0 Å². The van der Waals surface area contributed by atoms with Gasteiger partial charge in [0.1, 0.15) is 4.70 Å². The van der Waals surface area contributed by atoms with Crippen LogP contribution in [0.4, 0.5) is 0 Å². The van der Waals surface area contributed by atoms with Crippen LogP contribution >= 0.6 is 22.7 Å². The maximum Gasteiger partial charge on any atom is 0.275 e. The van der Waals surface area contributed by atoms with Crippen LogP contribution in [0.2, 0.25) is 0 Å². The molecule has 3 aromatic heterocycles. The summed E-state index contributed by atoms with van der Waals surface area (Å²) < 4.78 is 2.14. The van der Waals surface area contributed by atoms with Gasteiger partial charge in [-0.15, -0.1) is 22.7 Å². The number of nitrogens with zero attached hydrogens (tertiary/aromatic N) is 2. The number of aryl methyl sites for hydroxylation is 1. The largest absolute Gasteiger partial charge is 0.293 e. The number of rotatable bonds is 3. The standard InChI is InChI=1S/C13H12N4O2S2/c1-7-5-21-11-9(7)15-6-17(13(11)19)4-8-2-3-20-10(8)12(18)16-14/h2-3,5-6H,4,14H2,1H3,(H,16,18). The quantitative estimate of drug-likeness (QED) is 0.434. The number of amides is 1. The normalized spacial score (nSPS) is 11.0. The van der Waals surface area contributed by atoms with Gasteiger partial charge in [0.05, 0.1) is 23.3 Å². The Labute approximate surface area is 127 Å². The zero-order valence-corrected chi connectivity index (χ0v) is 12.8. The molecule has 0 aliphatic carbocycles. The molecule has 3 rings (SSSR count). The second-order valence-corrected chi connectivity index (χ2v) is 6.32. The maximum absolute atomic E-state index is 12.4. The van der Waals surface area contributed by atoms with Crippen LogP contribution in [-0.2, 0) is 6.54 Å². The molecule has 0 fully saturated rings. The molecule has 0 aromatic carbocycles. The lowest BCUT2D eigenvalue weighted by Crippen LogP contribution is -2.30. The van der Waals surface area contributed by atoms with Gasteiger partial charge in [0, 0.05) is 0 Å². The maximum atomic E-state index is 12.4. The third-order valence-electron chi connectivity index (χ3n) is 3.15. The predicted octanol–water partition coefficient (Wildman–Crippen LogP) is 1.48. The van der Waals surface area contributed by atoms with Crippen molar-refractivity contribution in [2.45, 2.75) is 13.5 Å². The Morgan fingerprint density at radius 2 is 2.29 bits per heavy atom. The third kappa shape index (κ3) is 2.37. The van der Waals surface area contributed by atoms with Crippen molar-refractivity contribution < 1.29 is 4.79 Å². The van der Waals surface area contributed by atoms with Crippen molar-refractivity contribution in [2.24, 2.45) is 5.84 Å². The fourth-order valence-corrected chi connectivity index (χ4v) is 3.85. The lowest BCUT2D eigenvalue weighted by molar-refractivity contribution is 0.0957. The number of nitrogens with two attached hydrogens (primary N) is 1.